The highest BCUT2D eigenvalue weighted by Gasteiger charge is 2.56. The van der Waals surface area contributed by atoms with Gasteiger partial charge in [0.05, 0.1) is 12.2 Å². The molecule has 0 atom stereocenters. The minimum Gasteiger partial charge on any atom is -0.393 e. The lowest BCUT2D eigenvalue weighted by atomic mass is 9.62. The monoisotopic (exact) mass is 143 g/mol. The Bertz CT molecular complexity index is 152. The number of hydrogen-bond acceptors (Lipinski definition) is 3. The molecule has 3 fully saturated rings. The molecule has 0 radical (unpaired) electrons. The van der Waals surface area contributed by atoms with Crippen LogP contribution in [0.2, 0.25) is 0 Å². The number of ether oxygens (including phenoxy) is 1. The van der Waals surface area contributed by atoms with E-state index in [0.29, 0.717) is 0 Å². The molecule has 2 bridgehead atoms. The third kappa shape index (κ3) is 0.713. The highest BCUT2D eigenvalue weighted by molar-refractivity contribution is 5.11. The van der Waals surface area contributed by atoms with Crippen LogP contribution in [0.3, 0.4) is 0 Å². The molecule has 0 aromatic rings. The van der Waals surface area contributed by atoms with Gasteiger partial charge in [0.2, 0.25) is 0 Å². The third-order valence-corrected chi connectivity index (χ3v) is 2.64. The van der Waals surface area contributed by atoms with Crippen LogP contribution in [0.4, 0.5) is 0 Å². The zero-order chi connectivity index (χ0) is 7.24. The van der Waals surface area contributed by atoms with Crippen LogP contribution in [0.1, 0.15) is 19.3 Å². The van der Waals surface area contributed by atoms with E-state index < -0.39 is 0 Å². The lowest BCUT2D eigenvalue weighted by molar-refractivity contribution is -0.205. The Morgan fingerprint density at radius 3 is 2.60 bits per heavy atom. The molecule has 0 aromatic heterocycles. The van der Waals surface area contributed by atoms with Gasteiger partial charge in [-0.1, -0.05) is 0 Å². The Hall–Kier alpha value is -0.120. The molecule has 0 spiro atoms. The smallest absolute Gasteiger partial charge is 0.0947 e. The standard InChI is InChI=1S/C7H13NO2/c8-6-1-2-10-7(3-6,4-6)5-9/h9H,1-5,8H2. The van der Waals surface area contributed by atoms with E-state index in [4.69, 9.17) is 15.6 Å². The number of aliphatic hydroxyl groups is 1. The molecule has 1 aliphatic carbocycles. The average Bonchev–Trinajstić information content (AvgIpc) is 1.86. The quantitative estimate of drug-likeness (QED) is 0.526. The molecule has 0 amide bonds. The van der Waals surface area contributed by atoms with Crippen molar-refractivity contribution in [1.29, 1.82) is 0 Å². The van der Waals surface area contributed by atoms with Gasteiger partial charge in [0.25, 0.3) is 0 Å². The molecule has 58 valence electrons. The summed E-state index contributed by atoms with van der Waals surface area (Å²) in [5.41, 5.74) is 5.67. The Morgan fingerprint density at radius 1 is 1.50 bits per heavy atom. The second kappa shape index (κ2) is 1.72. The van der Waals surface area contributed by atoms with Crippen LogP contribution >= 0.6 is 0 Å². The van der Waals surface area contributed by atoms with Gasteiger partial charge in [-0.2, -0.15) is 0 Å². The first-order valence-electron chi connectivity index (χ1n) is 3.72. The maximum Gasteiger partial charge on any atom is 0.0947 e. The van der Waals surface area contributed by atoms with Gasteiger partial charge in [-0.15, -0.1) is 0 Å². The van der Waals surface area contributed by atoms with E-state index in [1.807, 2.05) is 0 Å². The summed E-state index contributed by atoms with van der Waals surface area (Å²) in [6.07, 6.45) is 2.64. The predicted octanol–water partition coefficient (Wildman–Crippen LogP) is -0.371. The fourth-order valence-electron chi connectivity index (χ4n) is 2.14. The van der Waals surface area contributed by atoms with E-state index in [0.717, 1.165) is 25.9 Å². The summed E-state index contributed by atoms with van der Waals surface area (Å²) < 4.78 is 5.42. The Labute approximate surface area is 60.2 Å². The molecule has 3 N–H and O–H groups in total. The van der Waals surface area contributed by atoms with Crippen molar-refractivity contribution in [3.63, 3.8) is 0 Å². The Balaban J connectivity index is 2.08. The van der Waals surface area contributed by atoms with Crippen molar-refractivity contribution in [3.8, 4) is 0 Å². The normalized spacial score (nSPS) is 52.2. The van der Waals surface area contributed by atoms with Gasteiger partial charge in [0, 0.05) is 12.1 Å². The van der Waals surface area contributed by atoms with Gasteiger partial charge >= 0.3 is 0 Å². The zero-order valence-corrected chi connectivity index (χ0v) is 5.97. The van der Waals surface area contributed by atoms with Gasteiger partial charge in [-0.25, -0.2) is 0 Å². The predicted molar refractivity (Wildman–Crippen MR) is 36.5 cm³/mol. The first-order chi connectivity index (χ1) is 4.68. The van der Waals surface area contributed by atoms with Crippen molar-refractivity contribution in [2.24, 2.45) is 5.73 Å². The molecule has 1 saturated carbocycles. The summed E-state index contributed by atoms with van der Waals surface area (Å²) in [4.78, 5) is 0. The van der Waals surface area contributed by atoms with Crippen LogP contribution in [-0.4, -0.2) is 29.5 Å². The summed E-state index contributed by atoms with van der Waals surface area (Å²) in [7, 11) is 0. The number of fused-ring (bicyclic) bond motifs is 2. The van der Waals surface area contributed by atoms with Crippen LogP contribution in [-0.2, 0) is 4.74 Å². The minimum atomic E-state index is -0.243. The lowest BCUT2D eigenvalue weighted by Crippen LogP contribution is -2.68. The van der Waals surface area contributed by atoms with Crippen molar-refractivity contribution in [2.45, 2.75) is 30.4 Å². The van der Waals surface area contributed by atoms with Crippen LogP contribution < -0.4 is 5.73 Å². The number of hydrogen-bond donors (Lipinski definition) is 2. The fourth-order valence-corrected chi connectivity index (χ4v) is 2.14. The van der Waals surface area contributed by atoms with Crippen molar-refractivity contribution in [2.75, 3.05) is 13.2 Å². The summed E-state index contributed by atoms with van der Waals surface area (Å²) in [5, 5.41) is 8.92. The maximum absolute atomic E-state index is 8.92. The first-order valence-corrected chi connectivity index (χ1v) is 3.72. The topological polar surface area (TPSA) is 55.5 Å². The van der Waals surface area contributed by atoms with E-state index in [2.05, 4.69) is 0 Å². The van der Waals surface area contributed by atoms with E-state index in [1.165, 1.54) is 0 Å². The number of nitrogens with two attached hydrogens (primary N) is 1. The van der Waals surface area contributed by atoms with Gasteiger partial charge in [0.1, 0.15) is 0 Å². The van der Waals surface area contributed by atoms with Crippen LogP contribution in [0, 0.1) is 0 Å². The Morgan fingerprint density at radius 2 is 2.20 bits per heavy atom. The summed E-state index contributed by atoms with van der Waals surface area (Å²) >= 11 is 0. The summed E-state index contributed by atoms with van der Waals surface area (Å²) in [6.45, 7) is 0.850. The average molecular weight is 143 g/mol. The molecular weight excluding hydrogens is 130 g/mol. The van der Waals surface area contributed by atoms with Gasteiger partial charge in [-0.05, 0) is 19.3 Å². The van der Waals surface area contributed by atoms with E-state index in [-0.39, 0.29) is 17.7 Å². The second-order valence-corrected chi connectivity index (χ2v) is 3.66. The van der Waals surface area contributed by atoms with E-state index >= 15 is 0 Å². The van der Waals surface area contributed by atoms with Crippen LogP contribution in [0.25, 0.3) is 0 Å². The molecule has 3 nitrogen and oxygen atoms in total. The number of aliphatic hydroxyl groups excluding tert-OH is 1. The zero-order valence-electron chi connectivity index (χ0n) is 5.97. The fraction of sp³-hybridized carbons (Fsp3) is 1.00. The molecule has 3 heteroatoms. The number of rotatable bonds is 1. The van der Waals surface area contributed by atoms with Crippen molar-refractivity contribution >= 4 is 0 Å². The lowest BCUT2D eigenvalue weighted by Gasteiger charge is -2.57. The van der Waals surface area contributed by atoms with Gasteiger partial charge < -0.3 is 15.6 Å². The molecule has 0 aromatic carbocycles. The first kappa shape index (κ1) is 6.58. The van der Waals surface area contributed by atoms with Crippen LogP contribution in [0.15, 0.2) is 0 Å². The van der Waals surface area contributed by atoms with Crippen molar-refractivity contribution < 1.29 is 9.84 Å². The van der Waals surface area contributed by atoms with Gasteiger partial charge in [-0.3, -0.25) is 0 Å². The molecular formula is C7H13NO2. The van der Waals surface area contributed by atoms with Crippen molar-refractivity contribution in [3.05, 3.63) is 0 Å². The highest BCUT2D eigenvalue weighted by atomic mass is 16.5. The maximum atomic E-state index is 8.92. The second-order valence-electron chi connectivity index (χ2n) is 3.66. The summed E-state index contributed by atoms with van der Waals surface area (Å²) in [5.74, 6) is 0. The molecule has 2 aliphatic heterocycles. The van der Waals surface area contributed by atoms with E-state index in [1.54, 1.807) is 0 Å². The molecule has 3 rings (SSSR count). The minimum absolute atomic E-state index is 0.000972. The third-order valence-electron chi connectivity index (χ3n) is 2.64. The van der Waals surface area contributed by atoms with Gasteiger partial charge in [0.15, 0.2) is 0 Å². The Kier molecular flexibility index (Phi) is 1.14. The molecule has 2 heterocycles. The van der Waals surface area contributed by atoms with Crippen LogP contribution in [0.5, 0.6) is 0 Å². The molecule has 0 unspecified atom stereocenters. The van der Waals surface area contributed by atoms with Crippen molar-refractivity contribution in [1.82, 2.24) is 0 Å². The summed E-state index contributed by atoms with van der Waals surface area (Å²) in [6, 6.07) is 0. The van der Waals surface area contributed by atoms with E-state index in [9.17, 15) is 0 Å². The SMILES string of the molecule is NC12CCOC(CO)(C1)C2. The highest BCUT2D eigenvalue weighted by Crippen LogP contribution is 2.48. The largest absolute Gasteiger partial charge is 0.393 e. The molecule has 2 saturated heterocycles. The molecule has 3 aliphatic rings. The molecule has 10 heavy (non-hydrogen) atoms.